The van der Waals surface area contributed by atoms with Crippen molar-refractivity contribution in [1.82, 2.24) is 4.57 Å². The number of rotatable bonds is 4. The van der Waals surface area contributed by atoms with Crippen molar-refractivity contribution in [3.05, 3.63) is 36.0 Å². The van der Waals surface area contributed by atoms with Crippen LogP contribution >= 0.6 is 0 Å². The highest BCUT2D eigenvalue weighted by molar-refractivity contribution is 5.97. The molecule has 0 fully saturated rings. The van der Waals surface area contributed by atoms with Crippen LogP contribution in [0.25, 0.3) is 10.9 Å². The van der Waals surface area contributed by atoms with Gasteiger partial charge in [-0.3, -0.25) is 4.79 Å². The summed E-state index contributed by atoms with van der Waals surface area (Å²) in [4.78, 5) is 10.8. The molecule has 0 aliphatic heterocycles. The molecule has 2 heteroatoms. The summed E-state index contributed by atoms with van der Waals surface area (Å²) in [5, 5.41) is 1.06. The Bertz CT molecular complexity index is 470. The van der Waals surface area contributed by atoms with E-state index in [1.165, 1.54) is 12.8 Å². The molecule has 0 bridgehead atoms. The molecule has 2 aromatic rings. The third kappa shape index (κ3) is 1.80. The maximum atomic E-state index is 10.8. The van der Waals surface area contributed by atoms with Crippen molar-refractivity contribution in [2.75, 3.05) is 0 Å². The molecule has 0 saturated carbocycles. The second kappa shape index (κ2) is 4.30. The number of carbonyl (C=O) groups excluding carboxylic acids is 1. The second-order valence-electron chi connectivity index (χ2n) is 3.76. The first-order valence-electron chi connectivity index (χ1n) is 5.40. The van der Waals surface area contributed by atoms with Gasteiger partial charge < -0.3 is 4.57 Å². The molecule has 2 rings (SSSR count). The molecule has 0 saturated heterocycles. The summed E-state index contributed by atoms with van der Waals surface area (Å²) in [6.45, 7) is 3.21. The van der Waals surface area contributed by atoms with E-state index >= 15 is 0 Å². The van der Waals surface area contributed by atoms with Crippen LogP contribution in [-0.4, -0.2) is 10.9 Å². The van der Waals surface area contributed by atoms with E-state index in [1.807, 2.05) is 18.2 Å². The summed E-state index contributed by atoms with van der Waals surface area (Å²) >= 11 is 0. The maximum Gasteiger partial charge on any atom is 0.150 e. The zero-order valence-electron chi connectivity index (χ0n) is 8.94. The molecule has 0 N–H and O–H groups in total. The van der Waals surface area contributed by atoms with Crippen LogP contribution in [0.15, 0.2) is 30.5 Å². The van der Waals surface area contributed by atoms with Gasteiger partial charge >= 0.3 is 0 Å². The van der Waals surface area contributed by atoms with Crippen molar-refractivity contribution in [3.8, 4) is 0 Å². The summed E-state index contributed by atoms with van der Waals surface area (Å²) in [7, 11) is 0. The van der Waals surface area contributed by atoms with Crippen molar-refractivity contribution in [1.29, 1.82) is 0 Å². The Hall–Kier alpha value is -1.57. The van der Waals surface area contributed by atoms with E-state index < -0.39 is 0 Å². The van der Waals surface area contributed by atoms with Gasteiger partial charge in [0.2, 0.25) is 0 Å². The molecule has 1 aromatic heterocycles. The molecule has 0 atom stereocenters. The lowest BCUT2D eigenvalue weighted by Gasteiger charge is -2.03. The third-order valence-electron chi connectivity index (χ3n) is 2.73. The van der Waals surface area contributed by atoms with Crippen molar-refractivity contribution >= 4 is 17.2 Å². The lowest BCUT2D eigenvalue weighted by Crippen LogP contribution is -1.95. The van der Waals surface area contributed by atoms with Crippen molar-refractivity contribution in [2.45, 2.75) is 26.3 Å². The molecular formula is C13H15NO. The van der Waals surface area contributed by atoms with Crippen LogP contribution in [0.5, 0.6) is 0 Å². The summed E-state index contributed by atoms with van der Waals surface area (Å²) in [6, 6.07) is 7.89. The average molecular weight is 201 g/mol. The monoisotopic (exact) mass is 201 g/mol. The van der Waals surface area contributed by atoms with Gasteiger partial charge in [0.1, 0.15) is 0 Å². The van der Waals surface area contributed by atoms with E-state index in [1.54, 1.807) is 0 Å². The van der Waals surface area contributed by atoms with E-state index in [2.05, 4.69) is 23.8 Å². The highest BCUT2D eigenvalue weighted by atomic mass is 16.1. The third-order valence-corrected chi connectivity index (χ3v) is 2.73. The molecule has 0 aliphatic carbocycles. The molecule has 0 unspecified atom stereocenters. The van der Waals surface area contributed by atoms with Crippen LogP contribution < -0.4 is 0 Å². The summed E-state index contributed by atoms with van der Waals surface area (Å²) in [5.74, 6) is 0. The van der Waals surface area contributed by atoms with Gasteiger partial charge in [0.25, 0.3) is 0 Å². The largest absolute Gasteiger partial charge is 0.347 e. The smallest absolute Gasteiger partial charge is 0.150 e. The minimum Gasteiger partial charge on any atom is -0.347 e. The first kappa shape index (κ1) is 9.97. The summed E-state index contributed by atoms with van der Waals surface area (Å²) in [6.07, 6.45) is 5.35. The van der Waals surface area contributed by atoms with Crippen LogP contribution in [-0.2, 0) is 6.54 Å². The van der Waals surface area contributed by atoms with Gasteiger partial charge in [0, 0.05) is 29.2 Å². The van der Waals surface area contributed by atoms with Crippen LogP contribution in [0.4, 0.5) is 0 Å². The predicted molar refractivity (Wildman–Crippen MR) is 62.2 cm³/mol. The lowest BCUT2D eigenvalue weighted by atomic mass is 10.1. The standard InChI is InChI=1S/C13H15NO/c1-2-3-8-14-9-7-12-11(10-15)5-4-6-13(12)14/h4-7,9-10H,2-3,8H2,1H3. The molecule has 1 aromatic carbocycles. The SMILES string of the molecule is CCCCn1ccc2c(C=O)cccc21. The quantitative estimate of drug-likeness (QED) is 0.696. The van der Waals surface area contributed by atoms with E-state index in [-0.39, 0.29) is 0 Å². The Morgan fingerprint density at radius 2 is 2.20 bits per heavy atom. The van der Waals surface area contributed by atoms with Gasteiger partial charge in [-0.15, -0.1) is 0 Å². The summed E-state index contributed by atoms with van der Waals surface area (Å²) in [5.41, 5.74) is 1.94. The predicted octanol–water partition coefficient (Wildman–Crippen LogP) is 3.25. The molecule has 0 amide bonds. The highest BCUT2D eigenvalue weighted by Crippen LogP contribution is 2.19. The topological polar surface area (TPSA) is 22.0 Å². The first-order valence-corrected chi connectivity index (χ1v) is 5.40. The number of aldehydes is 1. The molecule has 1 heterocycles. The Balaban J connectivity index is 2.46. The summed E-state index contributed by atoms with van der Waals surface area (Å²) < 4.78 is 2.21. The van der Waals surface area contributed by atoms with Crippen LogP contribution in [0.3, 0.4) is 0 Å². The maximum absolute atomic E-state index is 10.8. The normalized spacial score (nSPS) is 10.7. The van der Waals surface area contributed by atoms with Crippen LogP contribution in [0.2, 0.25) is 0 Å². The number of hydrogen-bond acceptors (Lipinski definition) is 1. The zero-order valence-corrected chi connectivity index (χ0v) is 8.94. The van der Waals surface area contributed by atoms with Gasteiger partial charge in [0.05, 0.1) is 0 Å². The molecule has 15 heavy (non-hydrogen) atoms. The molecule has 0 radical (unpaired) electrons. The van der Waals surface area contributed by atoms with E-state index in [0.29, 0.717) is 0 Å². The van der Waals surface area contributed by atoms with Crippen molar-refractivity contribution in [3.63, 3.8) is 0 Å². The van der Waals surface area contributed by atoms with Gasteiger partial charge in [-0.05, 0) is 18.6 Å². The number of nitrogens with zero attached hydrogens (tertiary/aromatic N) is 1. The molecule has 78 valence electrons. The Morgan fingerprint density at radius 1 is 1.33 bits per heavy atom. The van der Waals surface area contributed by atoms with Crippen LogP contribution in [0.1, 0.15) is 30.1 Å². The fourth-order valence-electron chi connectivity index (χ4n) is 1.87. The Labute approximate surface area is 89.5 Å². The molecule has 0 spiro atoms. The van der Waals surface area contributed by atoms with Gasteiger partial charge in [-0.2, -0.15) is 0 Å². The number of benzene rings is 1. The number of aromatic nitrogens is 1. The molecular weight excluding hydrogens is 186 g/mol. The van der Waals surface area contributed by atoms with Gasteiger partial charge in [-0.1, -0.05) is 25.5 Å². The van der Waals surface area contributed by atoms with E-state index in [0.717, 1.165) is 29.3 Å². The van der Waals surface area contributed by atoms with Crippen molar-refractivity contribution in [2.24, 2.45) is 0 Å². The fraction of sp³-hybridized carbons (Fsp3) is 0.308. The first-order chi connectivity index (χ1) is 7.36. The number of hydrogen-bond donors (Lipinski definition) is 0. The van der Waals surface area contributed by atoms with Crippen molar-refractivity contribution < 1.29 is 4.79 Å². The highest BCUT2D eigenvalue weighted by Gasteiger charge is 2.03. The Morgan fingerprint density at radius 3 is 2.93 bits per heavy atom. The van der Waals surface area contributed by atoms with Crippen LogP contribution in [0, 0.1) is 0 Å². The minimum atomic E-state index is 0.780. The fourth-order valence-corrected chi connectivity index (χ4v) is 1.87. The molecule has 2 nitrogen and oxygen atoms in total. The number of aryl methyl sites for hydroxylation is 1. The van der Waals surface area contributed by atoms with E-state index in [4.69, 9.17) is 0 Å². The average Bonchev–Trinajstić information content (AvgIpc) is 2.69. The lowest BCUT2D eigenvalue weighted by molar-refractivity contribution is 0.112. The second-order valence-corrected chi connectivity index (χ2v) is 3.76. The zero-order chi connectivity index (χ0) is 10.7. The molecule has 0 aliphatic rings. The number of unbranched alkanes of at least 4 members (excludes halogenated alkanes) is 1. The van der Waals surface area contributed by atoms with Gasteiger partial charge in [-0.25, -0.2) is 0 Å². The number of carbonyl (C=O) groups is 1. The van der Waals surface area contributed by atoms with E-state index in [9.17, 15) is 4.79 Å². The Kier molecular flexibility index (Phi) is 2.86. The van der Waals surface area contributed by atoms with Gasteiger partial charge in [0.15, 0.2) is 6.29 Å². The minimum absolute atomic E-state index is 0.780. The number of fused-ring (bicyclic) bond motifs is 1.